The van der Waals surface area contributed by atoms with E-state index in [0.717, 1.165) is 12.0 Å². The van der Waals surface area contributed by atoms with E-state index in [1.165, 1.54) is 0 Å². The van der Waals surface area contributed by atoms with Crippen molar-refractivity contribution in [3.63, 3.8) is 0 Å². The summed E-state index contributed by atoms with van der Waals surface area (Å²) in [4.78, 5) is 11.6. The van der Waals surface area contributed by atoms with Gasteiger partial charge in [-0.1, -0.05) is 19.1 Å². The second-order valence-electron chi connectivity index (χ2n) is 4.30. The molecule has 0 heterocycles. The Morgan fingerprint density at radius 2 is 1.94 bits per heavy atom. The van der Waals surface area contributed by atoms with Gasteiger partial charge in [0.1, 0.15) is 5.75 Å². The molecule has 18 heavy (non-hydrogen) atoms. The predicted octanol–water partition coefficient (Wildman–Crippen LogP) is 2.03. The number of aliphatic hydroxyl groups excluding tert-OH is 1. The van der Waals surface area contributed by atoms with E-state index in [4.69, 9.17) is 4.74 Å². The summed E-state index contributed by atoms with van der Waals surface area (Å²) >= 11 is 0. The van der Waals surface area contributed by atoms with Gasteiger partial charge >= 0.3 is 0 Å². The van der Waals surface area contributed by atoms with Crippen molar-refractivity contribution in [3.05, 3.63) is 29.8 Å². The number of carbonyl (C=O) groups excluding carboxylic acids is 1. The highest BCUT2D eigenvalue weighted by Gasteiger charge is 2.13. The van der Waals surface area contributed by atoms with Crippen LogP contribution in [-0.4, -0.2) is 23.7 Å². The van der Waals surface area contributed by atoms with Crippen molar-refractivity contribution in [1.82, 2.24) is 5.32 Å². The lowest BCUT2D eigenvalue weighted by Crippen LogP contribution is -2.36. The summed E-state index contributed by atoms with van der Waals surface area (Å²) in [6.45, 7) is 6.08. The fourth-order valence-corrected chi connectivity index (χ4v) is 1.47. The number of hydrogen-bond donors (Lipinski definition) is 2. The Kier molecular flexibility index (Phi) is 5.65. The zero-order valence-corrected chi connectivity index (χ0v) is 11.1. The van der Waals surface area contributed by atoms with Crippen LogP contribution in [-0.2, 0) is 4.79 Å². The molecule has 100 valence electrons. The topological polar surface area (TPSA) is 58.6 Å². The minimum Gasteiger partial charge on any atom is -0.481 e. The van der Waals surface area contributed by atoms with Crippen LogP contribution < -0.4 is 10.1 Å². The molecule has 1 aromatic carbocycles. The van der Waals surface area contributed by atoms with Gasteiger partial charge in [-0.05, 0) is 38.0 Å². The van der Waals surface area contributed by atoms with Crippen LogP contribution in [0.4, 0.5) is 0 Å². The van der Waals surface area contributed by atoms with Crippen molar-refractivity contribution in [2.24, 2.45) is 0 Å². The third-order valence-corrected chi connectivity index (χ3v) is 2.59. The molecular weight excluding hydrogens is 230 g/mol. The molecule has 4 nitrogen and oxygen atoms in total. The number of rotatable bonds is 6. The first kappa shape index (κ1) is 14.5. The van der Waals surface area contributed by atoms with Gasteiger partial charge in [0.25, 0.3) is 5.91 Å². The van der Waals surface area contributed by atoms with Crippen molar-refractivity contribution >= 4 is 5.91 Å². The number of aliphatic hydroxyl groups is 1. The third kappa shape index (κ3) is 4.37. The number of amides is 1. The van der Waals surface area contributed by atoms with Gasteiger partial charge in [0.15, 0.2) is 6.10 Å². The maximum atomic E-state index is 11.6. The summed E-state index contributed by atoms with van der Waals surface area (Å²) in [7, 11) is 0. The van der Waals surface area contributed by atoms with Gasteiger partial charge in [-0.3, -0.25) is 4.79 Å². The Morgan fingerprint density at radius 1 is 1.33 bits per heavy atom. The minimum atomic E-state index is -0.519. The second-order valence-corrected chi connectivity index (χ2v) is 4.30. The number of nitrogens with one attached hydrogen (secondary N) is 1. The molecule has 0 radical (unpaired) electrons. The molecule has 0 aliphatic rings. The Hall–Kier alpha value is -1.55. The molecule has 0 aliphatic heterocycles. The quantitative estimate of drug-likeness (QED) is 0.813. The number of hydrogen-bond acceptors (Lipinski definition) is 3. The van der Waals surface area contributed by atoms with Crippen LogP contribution in [0, 0.1) is 0 Å². The Morgan fingerprint density at radius 3 is 2.44 bits per heavy atom. The Bertz CT molecular complexity index is 373. The molecule has 0 saturated carbocycles. The standard InChI is InChI=1S/C14H21NO3/c1-4-9-15-14(17)11(3)18-13-7-5-12(6-8-13)10(2)16/h5-8,10-11,16H,4,9H2,1-3H3,(H,15,17). The van der Waals surface area contributed by atoms with Crippen LogP contribution >= 0.6 is 0 Å². The summed E-state index contributed by atoms with van der Waals surface area (Å²) in [6, 6.07) is 7.09. The molecule has 2 N–H and O–H groups in total. The van der Waals surface area contributed by atoms with E-state index in [2.05, 4.69) is 5.32 Å². The van der Waals surface area contributed by atoms with E-state index in [0.29, 0.717) is 12.3 Å². The first-order chi connectivity index (χ1) is 8.54. The summed E-state index contributed by atoms with van der Waals surface area (Å²) in [6.07, 6.45) is -0.111. The normalized spacial score (nSPS) is 13.8. The van der Waals surface area contributed by atoms with Crippen LogP contribution in [0.2, 0.25) is 0 Å². The lowest BCUT2D eigenvalue weighted by atomic mass is 10.1. The average molecular weight is 251 g/mol. The van der Waals surface area contributed by atoms with E-state index in [1.807, 2.05) is 6.92 Å². The van der Waals surface area contributed by atoms with Crippen LogP contribution in [0.5, 0.6) is 5.75 Å². The number of carbonyl (C=O) groups is 1. The van der Waals surface area contributed by atoms with E-state index >= 15 is 0 Å². The smallest absolute Gasteiger partial charge is 0.260 e. The zero-order valence-electron chi connectivity index (χ0n) is 11.1. The fraction of sp³-hybridized carbons (Fsp3) is 0.500. The van der Waals surface area contributed by atoms with Crippen LogP contribution in [0.1, 0.15) is 38.9 Å². The largest absolute Gasteiger partial charge is 0.481 e. The van der Waals surface area contributed by atoms with E-state index < -0.39 is 12.2 Å². The molecule has 1 rings (SSSR count). The monoisotopic (exact) mass is 251 g/mol. The van der Waals surface area contributed by atoms with Crippen molar-refractivity contribution in [2.45, 2.75) is 39.4 Å². The molecule has 0 aliphatic carbocycles. The van der Waals surface area contributed by atoms with E-state index in [9.17, 15) is 9.90 Å². The lowest BCUT2D eigenvalue weighted by molar-refractivity contribution is -0.127. The molecule has 0 aromatic heterocycles. The Labute approximate surface area is 108 Å². The van der Waals surface area contributed by atoms with E-state index in [1.54, 1.807) is 38.1 Å². The van der Waals surface area contributed by atoms with Gasteiger partial charge in [0, 0.05) is 6.54 Å². The predicted molar refractivity (Wildman–Crippen MR) is 70.5 cm³/mol. The highest BCUT2D eigenvalue weighted by Crippen LogP contribution is 2.18. The molecule has 0 saturated heterocycles. The van der Waals surface area contributed by atoms with Gasteiger partial charge in [-0.25, -0.2) is 0 Å². The molecule has 1 aromatic rings. The summed E-state index contributed by atoms with van der Waals surface area (Å²) in [5.41, 5.74) is 0.824. The fourth-order valence-electron chi connectivity index (χ4n) is 1.47. The van der Waals surface area contributed by atoms with Crippen molar-refractivity contribution < 1.29 is 14.6 Å². The highest BCUT2D eigenvalue weighted by molar-refractivity contribution is 5.80. The molecule has 2 atom stereocenters. The molecule has 4 heteroatoms. The molecule has 0 fully saturated rings. The average Bonchev–Trinajstić information content (AvgIpc) is 2.36. The first-order valence-electron chi connectivity index (χ1n) is 6.27. The van der Waals surface area contributed by atoms with Crippen LogP contribution in [0.15, 0.2) is 24.3 Å². The van der Waals surface area contributed by atoms with Gasteiger partial charge < -0.3 is 15.2 Å². The van der Waals surface area contributed by atoms with Gasteiger partial charge in [0.2, 0.25) is 0 Å². The van der Waals surface area contributed by atoms with E-state index in [-0.39, 0.29) is 5.91 Å². The van der Waals surface area contributed by atoms with Crippen molar-refractivity contribution in [2.75, 3.05) is 6.54 Å². The van der Waals surface area contributed by atoms with Crippen LogP contribution in [0.25, 0.3) is 0 Å². The number of ether oxygens (including phenoxy) is 1. The molecule has 0 bridgehead atoms. The van der Waals surface area contributed by atoms with Gasteiger partial charge in [0.05, 0.1) is 6.10 Å². The summed E-state index contributed by atoms with van der Waals surface area (Å²) in [5, 5.41) is 12.2. The third-order valence-electron chi connectivity index (χ3n) is 2.59. The molecular formula is C14H21NO3. The first-order valence-corrected chi connectivity index (χ1v) is 6.27. The van der Waals surface area contributed by atoms with Gasteiger partial charge in [-0.15, -0.1) is 0 Å². The molecule has 2 unspecified atom stereocenters. The van der Waals surface area contributed by atoms with Crippen molar-refractivity contribution in [1.29, 1.82) is 0 Å². The minimum absolute atomic E-state index is 0.114. The SMILES string of the molecule is CCCNC(=O)C(C)Oc1ccc(C(C)O)cc1. The highest BCUT2D eigenvalue weighted by atomic mass is 16.5. The maximum absolute atomic E-state index is 11.6. The van der Waals surface area contributed by atoms with Gasteiger partial charge in [-0.2, -0.15) is 0 Å². The molecule has 1 amide bonds. The Balaban J connectivity index is 2.53. The molecule has 0 spiro atoms. The lowest BCUT2D eigenvalue weighted by Gasteiger charge is -2.15. The maximum Gasteiger partial charge on any atom is 0.260 e. The summed E-state index contributed by atoms with van der Waals surface area (Å²) in [5.74, 6) is 0.509. The number of benzene rings is 1. The zero-order chi connectivity index (χ0) is 13.5. The van der Waals surface area contributed by atoms with Crippen molar-refractivity contribution in [3.8, 4) is 5.75 Å². The summed E-state index contributed by atoms with van der Waals surface area (Å²) < 4.78 is 5.51. The van der Waals surface area contributed by atoms with Crippen LogP contribution in [0.3, 0.4) is 0 Å². The second kappa shape index (κ2) is 7.01.